The van der Waals surface area contributed by atoms with Crippen LogP contribution >= 0.6 is 0 Å². The lowest BCUT2D eigenvalue weighted by molar-refractivity contribution is -0.384. The highest BCUT2D eigenvalue weighted by Crippen LogP contribution is 2.49. The summed E-state index contributed by atoms with van der Waals surface area (Å²) in [6.07, 6.45) is 5.82. The van der Waals surface area contributed by atoms with Crippen molar-refractivity contribution < 1.29 is 14.5 Å². The van der Waals surface area contributed by atoms with Gasteiger partial charge in [0.25, 0.3) is 5.69 Å². The molecule has 0 N–H and O–H groups in total. The first-order chi connectivity index (χ1) is 9.96. The summed E-state index contributed by atoms with van der Waals surface area (Å²) in [5.41, 5.74) is -0.0786. The minimum absolute atomic E-state index is 0.0357. The molecule has 0 radical (unpaired) electrons. The maximum absolute atomic E-state index is 12.0. The van der Waals surface area contributed by atoms with Crippen molar-refractivity contribution in [3.05, 3.63) is 52.6 Å². The molecule has 0 bridgehead atoms. The number of nitro benzene ring substituents is 1. The van der Waals surface area contributed by atoms with Gasteiger partial charge in [-0.1, -0.05) is 6.08 Å². The second kappa shape index (κ2) is 6.08. The van der Waals surface area contributed by atoms with E-state index in [0.29, 0.717) is 11.5 Å². The number of unbranched alkanes of at least 4 members (excludes halogenated alkanes) is 1. The summed E-state index contributed by atoms with van der Waals surface area (Å²) in [7, 11) is 0. The zero-order valence-electron chi connectivity index (χ0n) is 12.1. The van der Waals surface area contributed by atoms with Crippen molar-refractivity contribution in [3.63, 3.8) is 0 Å². The van der Waals surface area contributed by atoms with Crippen LogP contribution in [0.1, 0.15) is 43.0 Å². The third-order valence-corrected chi connectivity index (χ3v) is 3.96. The topological polar surface area (TPSA) is 69.4 Å². The largest absolute Gasteiger partial charge is 0.455 e. The Balaban J connectivity index is 1.90. The van der Waals surface area contributed by atoms with Gasteiger partial charge in [0.05, 0.1) is 10.5 Å². The molecular weight excluding hydrogens is 270 g/mol. The van der Waals surface area contributed by atoms with E-state index < -0.39 is 10.9 Å². The average Bonchev–Trinajstić information content (AvgIpc) is 3.09. The van der Waals surface area contributed by atoms with Crippen molar-refractivity contribution in [2.24, 2.45) is 5.92 Å². The molecule has 0 aliphatic heterocycles. The second-order valence-corrected chi connectivity index (χ2v) is 5.63. The van der Waals surface area contributed by atoms with Gasteiger partial charge in [-0.15, -0.1) is 6.58 Å². The Morgan fingerprint density at radius 2 is 2.19 bits per heavy atom. The molecule has 5 heteroatoms. The summed E-state index contributed by atoms with van der Waals surface area (Å²) in [6.45, 7) is 5.63. The number of esters is 1. The van der Waals surface area contributed by atoms with Gasteiger partial charge in [-0.3, -0.25) is 10.1 Å². The lowest BCUT2D eigenvalue weighted by Crippen LogP contribution is -2.18. The number of ether oxygens (including phenoxy) is 1. The minimum Gasteiger partial charge on any atom is -0.455 e. The number of carbonyl (C=O) groups is 1. The van der Waals surface area contributed by atoms with E-state index in [0.717, 1.165) is 25.7 Å². The number of benzene rings is 1. The fourth-order valence-corrected chi connectivity index (χ4v) is 2.46. The van der Waals surface area contributed by atoms with E-state index in [1.165, 1.54) is 24.3 Å². The quantitative estimate of drug-likeness (QED) is 0.251. The second-order valence-electron chi connectivity index (χ2n) is 5.63. The van der Waals surface area contributed by atoms with Crippen molar-refractivity contribution in [1.82, 2.24) is 0 Å². The number of non-ortho nitro benzene ring substituents is 1. The van der Waals surface area contributed by atoms with Gasteiger partial charge in [0.1, 0.15) is 5.60 Å². The summed E-state index contributed by atoms with van der Waals surface area (Å²) in [5.74, 6) is -0.0157. The SMILES string of the molecule is C=CCCC[C@@H]1C[C@@]1(C)OC(=O)c1ccc([N+](=O)[O-])cc1. The van der Waals surface area contributed by atoms with Crippen LogP contribution in [0.5, 0.6) is 0 Å². The lowest BCUT2D eigenvalue weighted by Gasteiger charge is -2.13. The van der Waals surface area contributed by atoms with Gasteiger partial charge in [-0.05, 0) is 44.7 Å². The summed E-state index contributed by atoms with van der Waals surface area (Å²) in [6, 6.07) is 5.48. The van der Waals surface area contributed by atoms with E-state index in [4.69, 9.17) is 4.74 Å². The van der Waals surface area contributed by atoms with Gasteiger partial charge in [-0.25, -0.2) is 4.79 Å². The summed E-state index contributed by atoms with van der Waals surface area (Å²) in [5, 5.41) is 10.6. The predicted octanol–water partition coefficient (Wildman–Crippen LogP) is 3.89. The third kappa shape index (κ3) is 3.68. The van der Waals surface area contributed by atoms with Crippen LogP contribution in [0.4, 0.5) is 5.69 Å². The molecule has 1 fully saturated rings. The minimum atomic E-state index is -0.493. The van der Waals surface area contributed by atoms with Crippen LogP contribution < -0.4 is 0 Å². The van der Waals surface area contributed by atoms with Gasteiger partial charge in [0.2, 0.25) is 0 Å². The van der Waals surface area contributed by atoms with Crippen molar-refractivity contribution in [1.29, 1.82) is 0 Å². The highest BCUT2D eigenvalue weighted by atomic mass is 16.6. The number of hydrogen-bond donors (Lipinski definition) is 0. The molecule has 0 unspecified atom stereocenters. The number of nitro groups is 1. The highest BCUT2D eigenvalue weighted by Gasteiger charge is 2.53. The summed E-state index contributed by atoms with van der Waals surface area (Å²) >= 11 is 0. The van der Waals surface area contributed by atoms with Crippen molar-refractivity contribution in [2.45, 2.75) is 38.2 Å². The molecule has 1 aromatic carbocycles. The van der Waals surface area contributed by atoms with Crippen LogP contribution in [0.2, 0.25) is 0 Å². The third-order valence-electron chi connectivity index (χ3n) is 3.96. The van der Waals surface area contributed by atoms with Gasteiger partial charge in [0, 0.05) is 18.1 Å². The maximum atomic E-state index is 12.0. The fourth-order valence-electron chi connectivity index (χ4n) is 2.46. The molecule has 1 aromatic rings. The first kappa shape index (κ1) is 15.2. The van der Waals surface area contributed by atoms with Crippen LogP contribution in [0.15, 0.2) is 36.9 Å². The number of rotatable bonds is 7. The monoisotopic (exact) mass is 289 g/mol. The first-order valence-corrected chi connectivity index (χ1v) is 7.05. The Labute approximate surface area is 123 Å². The van der Waals surface area contributed by atoms with Crippen LogP contribution in [0, 0.1) is 16.0 Å². The average molecular weight is 289 g/mol. The van der Waals surface area contributed by atoms with Crippen molar-refractivity contribution in [3.8, 4) is 0 Å². The molecule has 2 atom stereocenters. The molecule has 112 valence electrons. The highest BCUT2D eigenvalue weighted by molar-refractivity contribution is 5.90. The van der Waals surface area contributed by atoms with Gasteiger partial charge >= 0.3 is 5.97 Å². The van der Waals surface area contributed by atoms with Crippen LogP contribution in [-0.4, -0.2) is 16.5 Å². The molecule has 1 aliphatic carbocycles. The molecule has 0 heterocycles. The van der Waals surface area contributed by atoms with Crippen LogP contribution in [0.3, 0.4) is 0 Å². The molecule has 0 aromatic heterocycles. The molecule has 21 heavy (non-hydrogen) atoms. The molecule has 1 aliphatic rings. The summed E-state index contributed by atoms with van der Waals surface area (Å²) in [4.78, 5) is 22.1. The predicted molar refractivity (Wildman–Crippen MR) is 79.1 cm³/mol. The van der Waals surface area contributed by atoms with E-state index in [2.05, 4.69) is 6.58 Å². The molecule has 2 rings (SSSR count). The number of hydrogen-bond acceptors (Lipinski definition) is 4. The Morgan fingerprint density at radius 3 is 2.76 bits per heavy atom. The van der Waals surface area contributed by atoms with Crippen molar-refractivity contribution >= 4 is 11.7 Å². The van der Waals surface area contributed by atoms with E-state index >= 15 is 0 Å². The van der Waals surface area contributed by atoms with E-state index in [-0.39, 0.29) is 11.3 Å². The van der Waals surface area contributed by atoms with Crippen molar-refractivity contribution in [2.75, 3.05) is 0 Å². The normalized spacial score (nSPS) is 23.4. The van der Waals surface area contributed by atoms with E-state index in [1.54, 1.807) is 0 Å². The standard InChI is InChI=1S/C16H19NO4/c1-3-4-5-6-13-11-16(13,2)21-15(18)12-7-9-14(10-8-12)17(19)20/h3,7-10,13H,1,4-6,11H2,2H3/t13-,16-/m1/s1. The Hall–Kier alpha value is -2.17. The lowest BCUT2D eigenvalue weighted by atomic mass is 10.1. The number of carbonyl (C=O) groups excluding carboxylic acids is 1. The Bertz CT molecular complexity index is 552. The molecule has 0 saturated heterocycles. The first-order valence-electron chi connectivity index (χ1n) is 7.05. The fraction of sp³-hybridized carbons (Fsp3) is 0.438. The van der Waals surface area contributed by atoms with Gasteiger partial charge < -0.3 is 4.74 Å². The van der Waals surface area contributed by atoms with Gasteiger partial charge in [0.15, 0.2) is 0 Å². The molecule has 1 saturated carbocycles. The molecule has 0 amide bonds. The van der Waals surface area contributed by atoms with E-state index in [1.807, 2.05) is 13.0 Å². The summed E-state index contributed by atoms with van der Waals surface area (Å²) < 4.78 is 5.54. The zero-order valence-corrected chi connectivity index (χ0v) is 12.1. The Kier molecular flexibility index (Phi) is 4.40. The molecule has 5 nitrogen and oxygen atoms in total. The Morgan fingerprint density at radius 1 is 1.52 bits per heavy atom. The van der Waals surface area contributed by atoms with E-state index in [9.17, 15) is 14.9 Å². The van der Waals surface area contributed by atoms with Crippen LogP contribution in [0.25, 0.3) is 0 Å². The molecule has 0 spiro atoms. The maximum Gasteiger partial charge on any atom is 0.338 e. The zero-order chi connectivity index (χ0) is 15.5. The van der Waals surface area contributed by atoms with Crippen LogP contribution in [-0.2, 0) is 4.74 Å². The van der Waals surface area contributed by atoms with Gasteiger partial charge in [-0.2, -0.15) is 0 Å². The number of nitrogens with zero attached hydrogens (tertiary/aromatic N) is 1. The molecular formula is C16H19NO4. The number of allylic oxidation sites excluding steroid dienone is 1. The smallest absolute Gasteiger partial charge is 0.338 e.